The third-order valence-corrected chi connectivity index (χ3v) is 4.20. The third kappa shape index (κ3) is 5.87. The standard InChI is InChI=1S/C15H32N2/c1-13(2)11-14(12-16)5-8-17-9-6-15(3,4)7-10-17/h13-14H,5-12,16H2,1-4H3. The molecular weight excluding hydrogens is 208 g/mol. The molecule has 0 aliphatic carbocycles. The Hall–Kier alpha value is -0.0800. The molecule has 1 fully saturated rings. The Labute approximate surface area is 108 Å². The lowest BCUT2D eigenvalue weighted by molar-refractivity contribution is 0.125. The lowest BCUT2D eigenvalue weighted by atomic mass is 9.82. The number of rotatable bonds is 6. The van der Waals surface area contributed by atoms with E-state index in [1.807, 2.05) is 0 Å². The van der Waals surface area contributed by atoms with E-state index in [0.29, 0.717) is 5.41 Å². The van der Waals surface area contributed by atoms with Crippen LogP contribution in [0.4, 0.5) is 0 Å². The van der Waals surface area contributed by atoms with Crippen LogP contribution in [0.25, 0.3) is 0 Å². The van der Waals surface area contributed by atoms with Gasteiger partial charge in [0.1, 0.15) is 0 Å². The Balaban J connectivity index is 2.21. The largest absolute Gasteiger partial charge is 0.330 e. The molecule has 1 unspecified atom stereocenters. The number of hydrogen-bond donors (Lipinski definition) is 1. The number of piperidine rings is 1. The summed E-state index contributed by atoms with van der Waals surface area (Å²) in [6, 6.07) is 0. The lowest BCUT2D eigenvalue weighted by Crippen LogP contribution is -2.38. The van der Waals surface area contributed by atoms with Gasteiger partial charge in [0, 0.05) is 0 Å². The molecule has 0 spiro atoms. The molecule has 1 saturated heterocycles. The quantitative estimate of drug-likeness (QED) is 0.773. The zero-order valence-corrected chi connectivity index (χ0v) is 12.3. The van der Waals surface area contributed by atoms with Crippen LogP contribution in [-0.2, 0) is 0 Å². The molecule has 2 heteroatoms. The predicted molar refractivity (Wildman–Crippen MR) is 76.1 cm³/mol. The average molecular weight is 240 g/mol. The summed E-state index contributed by atoms with van der Waals surface area (Å²) in [6.45, 7) is 14.1. The summed E-state index contributed by atoms with van der Waals surface area (Å²) in [6.07, 6.45) is 5.28. The van der Waals surface area contributed by atoms with Gasteiger partial charge < -0.3 is 10.6 Å². The fourth-order valence-corrected chi connectivity index (χ4v) is 2.75. The summed E-state index contributed by atoms with van der Waals surface area (Å²) < 4.78 is 0. The maximum Gasteiger partial charge on any atom is -0.00136 e. The van der Waals surface area contributed by atoms with Crippen LogP contribution in [-0.4, -0.2) is 31.1 Å². The first kappa shape index (κ1) is 15.0. The summed E-state index contributed by atoms with van der Waals surface area (Å²) in [5, 5.41) is 0. The highest BCUT2D eigenvalue weighted by Gasteiger charge is 2.25. The van der Waals surface area contributed by atoms with Crippen LogP contribution >= 0.6 is 0 Å². The van der Waals surface area contributed by atoms with E-state index in [-0.39, 0.29) is 0 Å². The maximum atomic E-state index is 5.86. The Bertz CT molecular complexity index is 201. The Morgan fingerprint density at radius 2 is 1.76 bits per heavy atom. The highest BCUT2D eigenvalue weighted by molar-refractivity contribution is 4.79. The second-order valence-corrected chi connectivity index (χ2v) is 7.03. The van der Waals surface area contributed by atoms with E-state index in [1.165, 1.54) is 45.3 Å². The van der Waals surface area contributed by atoms with Crippen molar-refractivity contribution in [1.29, 1.82) is 0 Å². The molecule has 2 N–H and O–H groups in total. The van der Waals surface area contributed by atoms with Gasteiger partial charge in [-0.1, -0.05) is 27.7 Å². The fourth-order valence-electron chi connectivity index (χ4n) is 2.75. The van der Waals surface area contributed by atoms with E-state index < -0.39 is 0 Å². The normalized spacial score (nSPS) is 22.9. The van der Waals surface area contributed by atoms with Crippen molar-refractivity contribution in [3.63, 3.8) is 0 Å². The monoisotopic (exact) mass is 240 g/mol. The molecule has 1 rings (SSSR count). The molecule has 0 aromatic heterocycles. The van der Waals surface area contributed by atoms with Gasteiger partial charge in [-0.15, -0.1) is 0 Å². The molecule has 0 saturated carbocycles. The Morgan fingerprint density at radius 1 is 1.18 bits per heavy atom. The van der Waals surface area contributed by atoms with Crippen molar-refractivity contribution < 1.29 is 0 Å². The molecule has 0 aromatic rings. The van der Waals surface area contributed by atoms with Gasteiger partial charge in [0.05, 0.1) is 0 Å². The van der Waals surface area contributed by atoms with Crippen LogP contribution in [0.2, 0.25) is 0 Å². The number of likely N-dealkylation sites (tertiary alicyclic amines) is 1. The summed E-state index contributed by atoms with van der Waals surface area (Å²) in [5.41, 5.74) is 6.43. The van der Waals surface area contributed by atoms with Crippen molar-refractivity contribution >= 4 is 0 Å². The van der Waals surface area contributed by atoms with Crippen LogP contribution < -0.4 is 5.73 Å². The van der Waals surface area contributed by atoms with Crippen molar-refractivity contribution in [2.75, 3.05) is 26.2 Å². The van der Waals surface area contributed by atoms with Gasteiger partial charge in [0.15, 0.2) is 0 Å². The Kier molecular flexibility index (Phi) is 5.94. The van der Waals surface area contributed by atoms with E-state index >= 15 is 0 Å². The fraction of sp³-hybridized carbons (Fsp3) is 1.00. The van der Waals surface area contributed by atoms with E-state index in [0.717, 1.165) is 18.4 Å². The SMILES string of the molecule is CC(C)CC(CN)CCN1CCC(C)(C)CC1. The van der Waals surface area contributed by atoms with Crippen molar-refractivity contribution in [1.82, 2.24) is 4.90 Å². The predicted octanol–water partition coefficient (Wildman–Crippen LogP) is 3.12. The van der Waals surface area contributed by atoms with Crippen molar-refractivity contribution in [3.05, 3.63) is 0 Å². The zero-order chi connectivity index (χ0) is 12.9. The molecule has 0 bridgehead atoms. The van der Waals surface area contributed by atoms with Crippen LogP contribution in [0.15, 0.2) is 0 Å². The molecule has 1 atom stereocenters. The summed E-state index contributed by atoms with van der Waals surface area (Å²) in [7, 11) is 0. The first-order valence-electron chi connectivity index (χ1n) is 7.35. The molecule has 1 heterocycles. The molecule has 17 heavy (non-hydrogen) atoms. The average Bonchev–Trinajstić information content (AvgIpc) is 2.25. The smallest absolute Gasteiger partial charge is 0.00136 e. The van der Waals surface area contributed by atoms with Crippen LogP contribution in [0.5, 0.6) is 0 Å². The van der Waals surface area contributed by atoms with Gasteiger partial charge in [0.2, 0.25) is 0 Å². The van der Waals surface area contributed by atoms with Crippen LogP contribution in [0.1, 0.15) is 53.4 Å². The van der Waals surface area contributed by atoms with Gasteiger partial charge in [-0.3, -0.25) is 0 Å². The molecular formula is C15H32N2. The second kappa shape index (κ2) is 6.75. The number of nitrogens with zero attached hydrogens (tertiary/aromatic N) is 1. The molecule has 0 amide bonds. The maximum absolute atomic E-state index is 5.86. The zero-order valence-electron chi connectivity index (χ0n) is 12.3. The van der Waals surface area contributed by atoms with E-state index in [1.54, 1.807) is 0 Å². The van der Waals surface area contributed by atoms with Crippen LogP contribution in [0, 0.1) is 17.3 Å². The summed E-state index contributed by atoms with van der Waals surface area (Å²) in [4.78, 5) is 2.63. The van der Waals surface area contributed by atoms with Crippen molar-refractivity contribution in [3.8, 4) is 0 Å². The molecule has 0 aromatic carbocycles. The lowest BCUT2D eigenvalue weighted by Gasteiger charge is -2.37. The molecule has 1 aliphatic rings. The molecule has 2 nitrogen and oxygen atoms in total. The topological polar surface area (TPSA) is 29.3 Å². The number of hydrogen-bond acceptors (Lipinski definition) is 2. The molecule has 102 valence electrons. The Morgan fingerprint density at radius 3 is 2.24 bits per heavy atom. The highest BCUT2D eigenvalue weighted by atomic mass is 15.1. The molecule has 1 aliphatic heterocycles. The minimum atomic E-state index is 0.571. The second-order valence-electron chi connectivity index (χ2n) is 7.03. The molecule has 0 radical (unpaired) electrons. The van der Waals surface area contributed by atoms with E-state index in [4.69, 9.17) is 5.73 Å². The first-order chi connectivity index (χ1) is 7.93. The van der Waals surface area contributed by atoms with Crippen molar-refractivity contribution in [2.24, 2.45) is 23.0 Å². The third-order valence-electron chi connectivity index (χ3n) is 4.20. The van der Waals surface area contributed by atoms with Crippen molar-refractivity contribution in [2.45, 2.75) is 53.4 Å². The first-order valence-corrected chi connectivity index (χ1v) is 7.35. The highest BCUT2D eigenvalue weighted by Crippen LogP contribution is 2.30. The van der Waals surface area contributed by atoms with Gasteiger partial charge in [-0.05, 0) is 69.1 Å². The van der Waals surface area contributed by atoms with E-state index in [9.17, 15) is 0 Å². The van der Waals surface area contributed by atoms with Gasteiger partial charge in [-0.2, -0.15) is 0 Å². The van der Waals surface area contributed by atoms with Gasteiger partial charge >= 0.3 is 0 Å². The minimum absolute atomic E-state index is 0.571. The van der Waals surface area contributed by atoms with Gasteiger partial charge in [-0.25, -0.2) is 0 Å². The van der Waals surface area contributed by atoms with Crippen LogP contribution in [0.3, 0.4) is 0 Å². The minimum Gasteiger partial charge on any atom is -0.330 e. The summed E-state index contributed by atoms with van der Waals surface area (Å²) >= 11 is 0. The van der Waals surface area contributed by atoms with E-state index in [2.05, 4.69) is 32.6 Å². The summed E-state index contributed by atoms with van der Waals surface area (Å²) in [5.74, 6) is 1.51. The van der Waals surface area contributed by atoms with Gasteiger partial charge in [0.25, 0.3) is 0 Å². The number of nitrogens with two attached hydrogens (primary N) is 1.